The lowest BCUT2D eigenvalue weighted by molar-refractivity contribution is -0.143. The summed E-state index contributed by atoms with van der Waals surface area (Å²) in [6.07, 6.45) is 0.966. The number of hydrogen-bond acceptors (Lipinski definition) is 4. The van der Waals surface area contributed by atoms with Crippen LogP contribution in [0.5, 0.6) is 0 Å². The Bertz CT molecular complexity index is 405. The van der Waals surface area contributed by atoms with Crippen molar-refractivity contribution in [3.63, 3.8) is 0 Å². The number of nitrogens with zero attached hydrogens (tertiary/aromatic N) is 1. The molecule has 4 nitrogen and oxygen atoms in total. The number of hydrogen-bond donors (Lipinski definition) is 0. The van der Waals surface area contributed by atoms with Crippen molar-refractivity contribution in [3.05, 3.63) is 29.8 Å². The van der Waals surface area contributed by atoms with Gasteiger partial charge in [0, 0.05) is 19.3 Å². The quantitative estimate of drug-likeness (QED) is 0.736. The fraction of sp³-hybridized carbons (Fsp3) is 0.462. The Kier molecular flexibility index (Phi) is 3.64. The third-order valence-corrected chi connectivity index (χ3v) is 3.10. The summed E-state index contributed by atoms with van der Waals surface area (Å²) in [6.45, 7) is 1.18. The maximum atomic E-state index is 11.8. The topological polar surface area (TPSA) is 38.8 Å². The molecule has 92 valence electrons. The van der Waals surface area contributed by atoms with Gasteiger partial charge in [0.15, 0.2) is 6.04 Å². The van der Waals surface area contributed by atoms with Crippen molar-refractivity contribution in [1.82, 2.24) is 0 Å². The summed E-state index contributed by atoms with van der Waals surface area (Å²) in [4.78, 5) is 13.8. The maximum Gasteiger partial charge on any atom is 0.330 e. The first-order valence-corrected chi connectivity index (χ1v) is 5.69. The van der Waals surface area contributed by atoms with Gasteiger partial charge in [-0.05, 0) is 18.1 Å². The highest BCUT2D eigenvalue weighted by molar-refractivity contribution is 5.81. The van der Waals surface area contributed by atoms with Crippen LogP contribution in [0.15, 0.2) is 24.3 Å². The van der Waals surface area contributed by atoms with Crippen LogP contribution in [0.25, 0.3) is 0 Å². The van der Waals surface area contributed by atoms with Gasteiger partial charge >= 0.3 is 5.97 Å². The molecule has 2 rings (SSSR count). The zero-order chi connectivity index (χ0) is 12.3. The van der Waals surface area contributed by atoms with Gasteiger partial charge in [0.2, 0.25) is 0 Å². The third-order valence-electron chi connectivity index (χ3n) is 3.10. The van der Waals surface area contributed by atoms with Gasteiger partial charge in [-0.2, -0.15) is 0 Å². The van der Waals surface area contributed by atoms with E-state index in [1.54, 1.807) is 7.11 Å². The lowest BCUT2D eigenvalue weighted by atomic mass is 10.1. The number of ether oxygens (including phenoxy) is 2. The highest BCUT2D eigenvalue weighted by Crippen LogP contribution is 2.29. The Morgan fingerprint density at radius 2 is 2.18 bits per heavy atom. The van der Waals surface area contributed by atoms with Crippen LogP contribution >= 0.6 is 0 Å². The average Bonchev–Trinajstić information content (AvgIpc) is 2.79. The van der Waals surface area contributed by atoms with Crippen LogP contribution in [0, 0.1) is 0 Å². The summed E-state index contributed by atoms with van der Waals surface area (Å²) < 4.78 is 9.94. The molecule has 0 saturated carbocycles. The van der Waals surface area contributed by atoms with Gasteiger partial charge in [-0.25, -0.2) is 4.79 Å². The second-order valence-electron chi connectivity index (χ2n) is 4.07. The first-order chi connectivity index (χ1) is 8.27. The highest BCUT2D eigenvalue weighted by Gasteiger charge is 2.31. The third kappa shape index (κ3) is 2.26. The summed E-state index contributed by atoms with van der Waals surface area (Å²) in [5, 5.41) is 0. The molecular weight excluding hydrogens is 218 g/mol. The number of fused-ring (bicyclic) bond motifs is 1. The molecule has 0 saturated heterocycles. The van der Waals surface area contributed by atoms with E-state index in [0.717, 1.165) is 18.7 Å². The number of rotatable bonds is 4. The molecule has 0 bridgehead atoms. The molecule has 0 N–H and O–H groups in total. The number of methoxy groups -OCH3 is 2. The second kappa shape index (κ2) is 5.19. The molecule has 1 unspecified atom stereocenters. The van der Waals surface area contributed by atoms with E-state index in [1.807, 2.05) is 18.2 Å². The Balaban J connectivity index is 2.24. The van der Waals surface area contributed by atoms with Gasteiger partial charge in [-0.3, -0.25) is 0 Å². The second-order valence-corrected chi connectivity index (χ2v) is 4.07. The van der Waals surface area contributed by atoms with Crippen molar-refractivity contribution in [2.75, 3.05) is 32.3 Å². The summed E-state index contributed by atoms with van der Waals surface area (Å²) in [6, 6.07) is 7.78. The first kappa shape index (κ1) is 11.9. The number of esters is 1. The minimum atomic E-state index is -0.353. The first-order valence-electron chi connectivity index (χ1n) is 5.69. The molecule has 0 spiro atoms. The van der Waals surface area contributed by atoms with Crippen LogP contribution in [0.1, 0.15) is 5.56 Å². The molecule has 17 heavy (non-hydrogen) atoms. The van der Waals surface area contributed by atoms with E-state index in [-0.39, 0.29) is 12.0 Å². The fourth-order valence-electron chi connectivity index (χ4n) is 2.27. The Morgan fingerprint density at radius 1 is 1.41 bits per heavy atom. The van der Waals surface area contributed by atoms with Gasteiger partial charge in [0.1, 0.15) is 0 Å². The van der Waals surface area contributed by atoms with Gasteiger partial charge < -0.3 is 14.4 Å². The van der Waals surface area contributed by atoms with Crippen LogP contribution in [-0.4, -0.2) is 39.4 Å². The lowest BCUT2D eigenvalue weighted by Crippen LogP contribution is -2.44. The fourth-order valence-corrected chi connectivity index (χ4v) is 2.27. The smallest absolute Gasteiger partial charge is 0.330 e. The summed E-state index contributed by atoms with van der Waals surface area (Å²) in [7, 11) is 3.00. The molecular formula is C13H17NO3. The maximum absolute atomic E-state index is 11.8. The monoisotopic (exact) mass is 235 g/mol. The van der Waals surface area contributed by atoms with Crippen molar-refractivity contribution in [2.45, 2.75) is 12.5 Å². The molecule has 0 amide bonds. The molecule has 1 aliphatic heterocycles. The van der Waals surface area contributed by atoms with E-state index in [1.165, 1.54) is 12.7 Å². The van der Waals surface area contributed by atoms with Gasteiger partial charge in [-0.15, -0.1) is 0 Å². The van der Waals surface area contributed by atoms with Gasteiger partial charge in [-0.1, -0.05) is 18.2 Å². The Morgan fingerprint density at radius 3 is 2.88 bits per heavy atom. The Labute approximate surface area is 101 Å². The van der Waals surface area contributed by atoms with Crippen LogP contribution in [-0.2, 0) is 20.7 Å². The standard InChI is InChI=1S/C13H17NO3/c1-16-9-12(13(15)17-2)14-8-7-10-5-3-4-6-11(10)14/h3-6,12H,7-9H2,1-2H3. The predicted molar refractivity (Wildman–Crippen MR) is 65.2 cm³/mol. The Hall–Kier alpha value is -1.55. The molecule has 1 heterocycles. The van der Waals surface area contributed by atoms with Crippen molar-refractivity contribution in [3.8, 4) is 0 Å². The van der Waals surface area contributed by atoms with Crippen molar-refractivity contribution < 1.29 is 14.3 Å². The molecule has 1 aromatic carbocycles. The normalized spacial score (nSPS) is 15.5. The number of benzene rings is 1. The minimum absolute atomic E-state index is 0.247. The zero-order valence-electron chi connectivity index (χ0n) is 10.2. The molecule has 0 fully saturated rings. The molecule has 4 heteroatoms. The van der Waals surface area contributed by atoms with E-state index in [0.29, 0.717) is 6.61 Å². The van der Waals surface area contributed by atoms with E-state index in [2.05, 4.69) is 11.0 Å². The summed E-state index contributed by atoms with van der Waals surface area (Å²) >= 11 is 0. The molecule has 0 aromatic heterocycles. The summed E-state index contributed by atoms with van der Waals surface area (Å²) in [5.41, 5.74) is 2.39. The number of carbonyl (C=O) groups is 1. The largest absolute Gasteiger partial charge is 0.467 e. The van der Waals surface area contributed by atoms with E-state index in [9.17, 15) is 4.79 Å². The molecule has 1 aromatic rings. The van der Waals surface area contributed by atoms with Crippen molar-refractivity contribution >= 4 is 11.7 Å². The molecule has 1 aliphatic rings. The average molecular weight is 235 g/mol. The summed E-state index contributed by atoms with van der Waals surface area (Å²) in [5.74, 6) is -0.247. The van der Waals surface area contributed by atoms with Crippen molar-refractivity contribution in [1.29, 1.82) is 0 Å². The van der Waals surface area contributed by atoms with Crippen LogP contribution in [0.4, 0.5) is 5.69 Å². The minimum Gasteiger partial charge on any atom is -0.467 e. The zero-order valence-corrected chi connectivity index (χ0v) is 10.2. The molecule has 0 aliphatic carbocycles. The number of carbonyl (C=O) groups excluding carboxylic acids is 1. The van der Waals surface area contributed by atoms with Crippen LogP contribution in [0.3, 0.4) is 0 Å². The van der Waals surface area contributed by atoms with E-state index >= 15 is 0 Å². The number of anilines is 1. The van der Waals surface area contributed by atoms with Crippen LogP contribution < -0.4 is 4.90 Å². The lowest BCUT2D eigenvalue weighted by Gasteiger charge is -2.27. The SMILES string of the molecule is COCC(C(=O)OC)N1CCc2ccccc21. The van der Waals surface area contributed by atoms with Crippen molar-refractivity contribution in [2.24, 2.45) is 0 Å². The van der Waals surface area contributed by atoms with E-state index in [4.69, 9.17) is 9.47 Å². The molecule has 0 radical (unpaired) electrons. The van der Waals surface area contributed by atoms with Gasteiger partial charge in [0.25, 0.3) is 0 Å². The van der Waals surface area contributed by atoms with Gasteiger partial charge in [0.05, 0.1) is 13.7 Å². The highest BCUT2D eigenvalue weighted by atomic mass is 16.5. The predicted octanol–water partition coefficient (Wildman–Crippen LogP) is 1.24. The van der Waals surface area contributed by atoms with E-state index < -0.39 is 0 Å². The number of para-hydroxylation sites is 1. The van der Waals surface area contributed by atoms with Crippen LogP contribution in [0.2, 0.25) is 0 Å². The molecule has 1 atom stereocenters.